The fraction of sp³-hybridized carbons (Fsp3) is 0.667. The number of nitrogens with zero attached hydrogens (tertiary/aromatic N) is 2. The summed E-state index contributed by atoms with van der Waals surface area (Å²) in [5.74, 6) is 0.276. The summed E-state index contributed by atoms with van der Waals surface area (Å²) in [6.45, 7) is 10.4. The van der Waals surface area contributed by atoms with Crippen LogP contribution in [0.15, 0.2) is 17.5 Å². The number of likely N-dealkylation sites (tertiary alicyclic amines) is 1. The molecule has 1 atom stereocenters. The van der Waals surface area contributed by atoms with Gasteiger partial charge in [0.05, 0.1) is 4.88 Å². The molecule has 6 nitrogen and oxygen atoms in total. The second-order valence-corrected chi connectivity index (χ2v) is 8.71. The Morgan fingerprint density at radius 2 is 1.86 bits per heavy atom. The van der Waals surface area contributed by atoms with Gasteiger partial charge in [0.25, 0.3) is 5.91 Å². The van der Waals surface area contributed by atoms with E-state index in [0.717, 1.165) is 17.7 Å². The maximum Gasteiger partial charge on any atom is 0.263 e. The maximum absolute atomic E-state index is 13.1. The van der Waals surface area contributed by atoms with E-state index in [1.807, 2.05) is 50.1 Å². The highest BCUT2D eigenvalue weighted by Crippen LogP contribution is 2.24. The smallest absolute Gasteiger partial charge is 0.263 e. The zero-order chi connectivity index (χ0) is 20.7. The summed E-state index contributed by atoms with van der Waals surface area (Å²) in [4.78, 5) is 42.4. The van der Waals surface area contributed by atoms with Crippen molar-refractivity contribution in [3.05, 3.63) is 22.4 Å². The number of piperidine rings is 1. The summed E-state index contributed by atoms with van der Waals surface area (Å²) in [6.07, 6.45) is 1.85. The van der Waals surface area contributed by atoms with Crippen LogP contribution in [0.5, 0.6) is 0 Å². The Morgan fingerprint density at radius 3 is 2.36 bits per heavy atom. The number of hydrogen-bond acceptors (Lipinski definition) is 4. The molecule has 0 bridgehead atoms. The number of rotatable bonds is 8. The number of carbonyl (C=O) groups excluding carboxylic acids is 3. The molecule has 1 fully saturated rings. The Morgan fingerprint density at radius 1 is 1.21 bits per heavy atom. The van der Waals surface area contributed by atoms with E-state index >= 15 is 0 Å². The van der Waals surface area contributed by atoms with Crippen LogP contribution in [0.2, 0.25) is 0 Å². The molecular weight excluding hydrogens is 374 g/mol. The second kappa shape index (κ2) is 10.6. The van der Waals surface area contributed by atoms with Crippen LogP contribution in [0.1, 0.15) is 56.6 Å². The van der Waals surface area contributed by atoms with Crippen molar-refractivity contribution >= 4 is 29.1 Å². The first-order valence-electron chi connectivity index (χ1n) is 10.3. The Hall–Kier alpha value is -1.89. The first kappa shape index (κ1) is 22.4. The van der Waals surface area contributed by atoms with Crippen molar-refractivity contribution in [2.75, 3.05) is 26.2 Å². The van der Waals surface area contributed by atoms with Crippen LogP contribution in [-0.4, -0.2) is 59.7 Å². The summed E-state index contributed by atoms with van der Waals surface area (Å²) < 4.78 is 0. The third kappa shape index (κ3) is 5.80. The average molecular weight is 408 g/mol. The summed E-state index contributed by atoms with van der Waals surface area (Å²) in [5, 5.41) is 4.91. The summed E-state index contributed by atoms with van der Waals surface area (Å²) >= 11 is 1.45. The van der Waals surface area contributed by atoms with Gasteiger partial charge < -0.3 is 15.1 Å². The minimum Gasteiger partial charge on any atom is -0.344 e. The molecule has 156 valence electrons. The van der Waals surface area contributed by atoms with Crippen molar-refractivity contribution in [1.82, 2.24) is 15.1 Å². The van der Waals surface area contributed by atoms with Crippen molar-refractivity contribution in [1.29, 1.82) is 0 Å². The van der Waals surface area contributed by atoms with Crippen molar-refractivity contribution in [3.63, 3.8) is 0 Å². The SMILES string of the molecule is CCN(CC)C(=O)[C@@H](NC(=O)CC(C)C)C1CCN(C(=O)c2cccs2)CC1. The number of carbonyl (C=O) groups is 3. The zero-order valence-corrected chi connectivity index (χ0v) is 18.3. The van der Waals surface area contributed by atoms with Gasteiger partial charge >= 0.3 is 0 Å². The number of nitrogens with one attached hydrogen (secondary N) is 1. The molecule has 1 aliphatic heterocycles. The minimum atomic E-state index is -0.509. The van der Waals surface area contributed by atoms with Crippen LogP contribution < -0.4 is 5.32 Å². The lowest BCUT2D eigenvalue weighted by molar-refractivity contribution is -0.138. The molecule has 1 saturated heterocycles. The Labute approximate surface area is 172 Å². The second-order valence-electron chi connectivity index (χ2n) is 7.76. The molecule has 3 amide bonds. The molecule has 7 heteroatoms. The van der Waals surface area contributed by atoms with Crippen LogP contribution in [0, 0.1) is 11.8 Å². The van der Waals surface area contributed by atoms with Crippen LogP contribution in [0.25, 0.3) is 0 Å². The van der Waals surface area contributed by atoms with Gasteiger partial charge in [0.2, 0.25) is 11.8 Å². The molecule has 0 saturated carbocycles. The molecule has 1 aliphatic rings. The zero-order valence-electron chi connectivity index (χ0n) is 17.4. The van der Waals surface area contributed by atoms with Gasteiger partial charge in [-0.2, -0.15) is 0 Å². The summed E-state index contributed by atoms with van der Waals surface area (Å²) in [7, 11) is 0. The van der Waals surface area contributed by atoms with Gasteiger partial charge in [-0.1, -0.05) is 19.9 Å². The highest BCUT2D eigenvalue weighted by molar-refractivity contribution is 7.12. The van der Waals surface area contributed by atoms with Gasteiger partial charge in [-0.15, -0.1) is 11.3 Å². The fourth-order valence-electron chi connectivity index (χ4n) is 3.71. The van der Waals surface area contributed by atoms with Crippen LogP contribution in [0.3, 0.4) is 0 Å². The van der Waals surface area contributed by atoms with E-state index in [9.17, 15) is 14.4 Å². The van der Waals surface area contributed by atoms with E-state index < -0.39 is 6.04 Å². The molecule has 0 aromatic carbocycles. The van der Waals surface area contributed by atoms with Crippen molar-refractivity contribution in [2.24, 2.45) is 11.8 Å². The van der Waals surface area contributed by atoms with E-state index in [4.69, 9.17) is 0 Å². The topological polar surface area (TPSA) is 69.7 Å². The lowest BCUT2D eigenvalue weighted by Gasteiger charge is -2.37. The predicted octanol–water partition coefficient (Wildman–Crippen LogP) is 3.00. The molecule has 2 rings (SSSR count). The third-order valence-electron chi connectivity index (χ3n) is 5.28. The molecule has 28 heavy (non-hydrogen) atoms. The van der Waals surface area contributed by atoms with Gasteiger partial charge in [-0.3, -0.25) is 14.4 Å². The maximum atomic E-state index is 13.1. The first-order chi connectivity index (χ1) is 13.4. The van der Waals surface area contributed by atoms with E-state index in [0.29, 0.717) is 32.6 Å². The minimum absolute atomic E-state index is 0.00913. The Balaban J connectivity index is 2.05. The standard InChI is InChI=1S/C21H33N3O3S/c1-5-23(6-2)21(27)19(22-18(25)14-15(3)4)16-9-11-24(12-10-16)20(26)17-8-7-13-28-17/h7-8,13,15-16,19H,5-6,9-12,14H2,1-4H3,(H,22,25)/t19-/m0/s1. The molecule has 0 radical (unpaired) electrons. The number of amides is 3. The largest absolute Gasteiger partial charge is 0.344 e. The lowest BCUT2D eigenvalue weighted by Crippen LogP contribution is -2.54. The van der Waals surface area contributed by atoms with E-state index in [1.165, 1.54) is 11.3 Å². The van der Waals surface area contributed by atoms with Gasteiger partial charge in [0.15, 0.2) is 0 Å². The van der Waals surface area contributed by atoms with Gasteiger partial charge in [-0.05, 0) is 50.0 Å². The van der Waals surface area contributed by atoms with Crippen LogP contribution >= 0.6 is 11.3 Å². The quantitative estimate of drug-likeness (QED) is 0.720. The Bertz CT molecular complexity index is 648. The highest BCUT2D eigenvalue weighted by Gasteiger charge is 2.35. The molecule has 1 aromatic heterocycles. The fourth-order valence-corrected chi connectivity index (χ4v) is 4.40. The average Bonchev–Trinajstić information content (AvgIpc) is 3.21. The molecular formula is C21H33N3O3S. The third-order valence-corrected chi connectivity index (χ3v) is 6.14. The van der Waals surface area contributed by atoms with Crippen molar-refractivity contribution < 1.29 is 14.4 Å². The monoisotopic (exact) mass is 407 g/mol. The van der Waals surface area contributed by atoms with E-state index in [2.05, 4.69) is 5.32 Å². The van der Waals surface area contributed by atoms with Crippen molar-refractivity contribution in [3.8, 4) is 0 Å². The lowest BCUT2D eigenvalue weighted by atomic mass is 9.88. The molecule has 1 aromatic rings. The molecule has 2 heterocycles. The number of likely N-dealkylation sites (N-methyl/N-ethyl adjacent to an activating group) is 1. The number of hydrogen-bond donors (Lipinski definition) is 1. The summed E-state index contributed by atoms with van der Waals surface area (Å²) in [6, 6.07) is 3.22. The molecule has 0 spiro atoms. The highest BCUT2D eigenvalue weighted by atomic mass is 32.1. The van der Waals surface area contributed by atoms with Gasteiger partial charge in [0, 0.05) is 32.6 Å². The summed E-state index contributed by atoms with van der Waals surface area (Å²) in [5.41, 5.74) is 0. The van der Waals surface area contributed by atoms with Gasteiger partial charge in [0.1, 0.15) is 6.04 Å². The molecule has 0 unspecified atom stereocenters. The van der Waals surface area contributed by atoms with Crippen molar-refractivity contribution in [2.45, 2.75) is 53.0 Å². The van der Waals surface area contributed by atoms with Gasteiger partial charge in [-0.25, -0.2) is 0 Å². The van der Waals surface area contributed by atoms with E-state index in [-0.39, 0.29) is 29.6 Å². The molecule has 1 N–H and O–H groups in total. The van der Waals surface area contributed by atoms with Crippen LogP contribution in [0.4, 0.5) is 0 Å². The number of thiophene rings is 1. The Kier molecular flexibility index (Phi) is 8.48. The predicted molar refractivity (Wildman–Crippen MR) is 112 cm³/mol. The molecule has 0 aliphatic carbocycles. The van der Waals surface area contributed by atoms with Crippen LogP contribution in [-0.2, 0) is 9.59 Å². The normalized spacial score (nSPS) is 16.1. The van der Waals surface area contributed by atoms with E-state index in [1.54, 1.807) is 4.90 Å². The first-order valence-corrected chi connectivity index (χ1v) is 11.2.